The molecule has 0 heterocycles. The van der Waals surface area contributed by atoms with Gasteiger partial charge in [0.05, 0.1) is 18.2 Å². The fraction of sp³-hybridized carbons (Fsp3) is 0.455. The van der Waals surface area contributed by atoms with Crippen LogP contribution in [0.15, 0.2) is 18.2 Å². The fourth-order valence-corrected chi connectivity index (χ4v) is 1.69. The van der Waals surface area contributed by atoms with Crippen molar-refractivity contribution < 1.29 is 14.9 Å². The molecule has 2 atom stereocenters. The number of aliphatic hydroxyl groups excluding tert-OH is 2. The zero-order chi connectivity index (χ0) is 12.1. The largest absolute Gasteiger partial charge is 0.497 e. The molecule has 1 aromatic carbocycles. The second kappa shape index (κ2) is 6.06. The third-order valence-electron chi connectivity index (χ3n) is 2.39. The highest BCUT2D eigenvalue weighted by Gasteiger charge is 2.19. The van der Waals surface area contributed by atoms with Crippen LogP contribution < -0.4 is 10.5 Å². The van der Waals surface area contributed by atoms with Crippen LogP contribution in [0.5, 0.6) is 5.75 Å². The Morgan fingerprint density at radius 2 is 2.19 bits per heavy atom. The van der Waals surface area contributed by atoms with E-state index in [2.05, 4.69) is 0 Å². The quantitative estimate of drug-likeness (QED) is 0.726. The Bertz CT molecular complexity index is 346. The van der Waals surface area contributed by atoms with E-state index in [0.717, 1.165) is 0 Å². The second-order valence-corrected chi connectivity index (χ2v) is 3.92. The Hall–Kier alpha value is -0.810. The number of rotatable bonds is 5. The van der Waals surface area contributed by atoms with E-state index in [4.69, 9.17) is 27.2 Å². The lowest BCUT2D eigenvalue weighted by atomic mass is 10.0. The highest BCUT2D eigenvalue weighted by Crippen LogP contribution is 2.29. The third kappa shape index (κ3) is 3.09. The molecule has 0 aliphatic rings. The average Bonchev–Trinajstić information content (AvgIpc) is 2.28. The van der Waals surface area contributed by atoms with Crippen LogP contribution in [-0.2, 0) is 0 Å². The number of benzene rings is 1. The van der Waals surface area contributed by atoms with Crippen molar-refractivity contribution in [2.75, 3.05) is 13.7 Å². The minimum Gasteiger partial charge on any atom is -0.497 e. The van der Waals surface area contributed by atoms with Gasteiger partial charge in [0.25, 0.3) is 0 Å². The highest BCUT2D eigenvalue weighted by molar-refractivity contribution is 6.31. The molecule has 0 aromatic heterocycles. The lowest BCUT2D eigenvalue weighted by Crippen LogP contribution is -2.29. The topological polar surface area (TPSA) is 75.7 Å². The molecular weight excluding hydrogens is 230 g/mol. The maximum absolute atomic E-state index is 9.90. The lowest BCUT2D eigenvalue weighted by Gasteiger charge is -2.19. The molecule has 0 bridgehead atoms. The van der Waals surface area contributed by atoms with Crippen molar-refractivity contribution in [3.8, 4) is 5.75 Å². The summed E-state index contributed by atoms with van der Waals surface area (Å²) < 4.78 is 5.00. The van der Waals surface area contributed by atoms with Gasteiger partial charge in [-0.1, -0.05) is 17.7 Å². The Morgan fingerprint density at radius 3 is 2.69 bits per heavy atom. The van der Waals surface area contributed by atoms with E-state index >= 15 is 0 Å². The van der Waals surface area contributed by atoms with Crippen molar-refractivity contribution in [2.24, 2.45) is 5.73 Å². The smallest absolute Gasteiger partial charge is 0.120 e. The van der Waals surface area contributed by atoms with Gasteiger partial charge < -0.3 is 20.7 Å². The molecule has 0 saturated heterocycles. The number of halogens is 1. The molecule has 1 aromatic rings. The molecule has 1 rings (SSSR count). The summed E-state index contributed by atoms with van der Waals surface area (Å²) in [6.07, 6.45) is -0.561. The first-order valence-electron chi connectivity index (χ1n) is 4.98. The summed E-state index contributed by atoms with van der Waals surface area (Å²) in [5.41, 5.74) is 6.24. The molecule has 2 unspecified atom stereocenters. The molecular formula is C11H16ClNO3. The fourth-order valence-electron chi connectivity index (χ4n) is 1.41. The number of aliphatic hydroxyl groups is 2. The van der Waals surface area contributed by atoms with Crippen molar-refractivity contribution in [3.05, 3.63) is 28.8 Å². The standard InChI is InChI=1S/C11H16ClNO3/c1-16-7-2-3-8(9(12)6-7)11(15)10(13)4-5-14/h2-3,6,10-11,14-15H,4-5,13H2,1H3. The van der Waals surface area contributed by atoms with Crippen LogP contribution in [0.4, 0.5) is 0 Å². The third-order valence-corrected chi connectivity index (χ3v) is 2.72. The Balaban J connectivity index is 2.87. The number of nitrogens with two attached hydrogens (primary N) is 1. The van der Waals surface area contributed by atoms with Gasteiger partial charge in [-0.3, -0.25) is 0 Å². The van der Waals surface area contributed by atoms with E-state index < -0.39 is 12.1 Å². The average molecular weight is 246 g/mol. The predicted octanol–water partition coefficient (Wildman–Crippen LogP) is 1.09. The molecule has 5 heteroatoms. The summed E-state index contributed by atoms with van der Waals surface area (Å²) in [5.74, 6) is 0.622. The maximum atomic E-state index is 9.90. The van der Waals surface area contributed by atoms with E-state index in [-0.39, 0.29) is 6.61 Å². The van der Waals surface area contributed by atoms with Gasteiger partial charge >= 0.3 is 0 Å². The minimum absolute atomic E-state index is 0.0635. The molecule has 0 spiro atoms. The molecule has 4 N–H and O–H groups in total. The summed E-state index contributed by atoms with van der Waals surface area (Å²) in [5, 5.41) is 19.0. The number of ether oxygens (including phenoxy) is 1. The van der Waals surface area contributed by atoms with Gasteiger partial charge in [0, 0.05) is 18.2 Å². The van der Waals surface area contributed by atoms with E-state index in [0.29, 0.717) is 22.8 Å². The molecule has 90 valence electrons. The van der Waals surface area contributed by atoms with Crippen LogP contribution >= 0.6 is 11.6 Å². The Morgan fingerprint density at radius 1 is 1.50 bits per heavy atom. The predicted molar refractivity (Wildman–Crippen MR) is 62.6 cm³/mol. The van der Waals surface area contributed by atoms with Gasteiger partial charge in [-0.15, -0.1) is 0 Å². The monoisotopic (exact) mass is 245 g/mol. The molecule has 0 aliphatic heterocycles. The van der Waals surface area contributed by atoms with Crippen LogP contribution in [0.3, 0.4) is 0 Å². The molecule has 0 fully saturated rings. The molecule has 0 aliphatic carbocycles. The lowest BCUT2D eigenvalue weighted by molar-refractivity contribution is 0.129. The van der Waals surface area contributed by atoms with Crippen molar-refractivity contribution in [3.63, 3.8) is 0 Å². The van der Waals surface area contributed by atoms with E-state index in [1.165, 1.54) is 0 Å². The number of methoxy groups -OCH3 is 1. The Labute approximate surface area is 99.6 Å². The summed E-state index contributed by atoms with van der Waals surface area (Å²) in [4.78, 5) is 0. The van der Waals surface area contributed by atoms with Crippen molar-refractivity contribution >= 4 is 11.6 Å². The first-order valence-corrected chi connectivity index (χ1v) is 5.36. The van der Waals surface area contributed by atoms with E-state index in [1.54, 1.807) is 25.3 Å². The van der Waals surface area contributed by atoms with Crippen LogP contribution in [0.1, 0.15) is 18.1 Å². The van der Waals surface area contributed by atoms with Gasteiger partial charge in [-0.25, -0.2) is 0 Å². The van der Waals surface area contributed by atoms with Gasteiger partial charge in [0.15, 0.2) is 0 Å². The molecule has 0 amide bonds. The summed E-state index contributed by atoms with van der Waals surface area (Å²) in [6, 6.07) is 4.46. The van der Waals surface area contributed by atoms with Crippen LogP contribution in [-0.4, -0.2) is 30.0 Å². The molecule has 4 nitrogen and oxygen atoms in total. The van der Waals surface area contributed by atoms with Gasteiger partial charge in [0.1, 0.15) is 5.75 Å². The SMILES string of the molecule is COc1ccc(C(O)C(N)CCO)c(Cl)c1. The summed E-state index contributed by atoms with van der Waals surface area (Å²) in [6.45, 7) is -0.0635. The number of hydrogen-bond acceptors (Lipinski definition) is 4. The highest BCUT2D eigenvalue weighted by atomic mass is 35.5. The van der Waals surface area contributed by atoms with Crippen LogP contribution in [0.25, 0.3) is 0 Å². The normalized spacial score (nSPS) is 14.6. The van der Waals surface area contributed by atoms with Crippen LogP contribution in [0.2, 0.25) is 5.02 Å². The Kier molecular flexibility index (Phi) is 5.02. The van der Waals surface area contributed by atoms with Crippen LogP contribution in [0, 0.1) is 0 Å². The zero-order valence-electron chi connectivity index (χ0n) is 9.06. The summed E-state index contributed by atoms with van der Waals surface area (Å²) >= 11 is 5.99. The number of hydrogen-bond donors (Lipinski definition) is 3. The van der Waals surface area contributed by atoms with Gasteiger partial charge in [0.2, 0.25) is 0 Å². The van der Waals surface area contributed by atoms with E-state index in [9.17, 15) is 5.11 Å². The van der Waals surface area contributed by atoms with Crippen molar-refractivity contribution in [2.45, 2.75) is 18.6 Å². The zero-order valence-corrected chi connectivity index (χ0v) is 9.81. The van der Waals surface area contributed by atoms with Gasteiger partial charge in [-0.05, 0) is 18.6 Å². The minimum atomic E-state index is -0.884. The van der Waals surface area contributed by atoms with Crippen molar-refractivity contribution in [1.82, 2.24) is 0 Å². The molecule has 0 radical (unpaired) electrons. The molecule has 16 heavy (non-hydrogen) atoms. The second-order valence-electron chi connectivity index (χ2n) is 3.51. The van der Waals surface area contributed by atoms with Crippen molar-refractivity contribution in [1.29, 1.82) is 0 Å². The van der Waals surface area contributed by atoms with Gasteiger partial charge in [-0.2, -0.15) is 0 Å². The molecule has 0 saturated carbocycles. The van der Waals surface area contributed by atoms with E-state index in [1.807, 2.05) is 0 Å². The summed E-state index contributed by atoms with van der Waals surface area (Å²) in [7, 11) is 1.54. The first-order chi connectivity index (χ1) is 7.60. The first kappa shape index (κ1) is 13.3. The maximum Gasteiger partial charge on any atom is 0.120 e.